The number of methoxy groups -OCH3 is 1. The fraction of sp³-hybridized carbons (Fsp3) is 0.357. The number of hydrogen-bond donors (Lipinski definition) is 2. The fourth-order valence-corrected chi connectivity index (χ4v) is 5.05. The quantitative estimate of drug-likeness (QED) is 0.399. The average molecular weight is 527 g/mol. The molecule has 0 amide bonds. The number of fused-ring (bicyclic) bond motifs is 1. The molecule has 1 fully saturated rings. The molecule has 6 nitrogen and oxygen atoms in total. The number of carboxylic acid groups (broad SMARTS) is 1. The Labute approximate surface area is 220 Å². The number of ether oxygens (including phenoxy) is 1. The van der Waals surface area contributed by atoms with Crippen LogP contribution >= 0.6 is 23.2 Å². The van der Waals surface area contributed by atoms with Gasteiger partial charge in [0.1, 0.15) is 5.75 Å². The van der Waals surface area contributed by atoms with Crippen molar-refractivity contribution in [2.45, 2.75) is 25.4 Å². The predicted molar refractivity (Wildman–Crippen MR) is 142 cm³/mol. The lowest BCUT2D eigenvalue weighted by atomic mass is 9.81. The molecule has 1 unspecified atom stereocenters. The van der Waals surface area contributed by atoms with Crippen molar-refractivity contribution in [3.63, 3.8) is 0 Å². The van der Waals surface area contributed by atoms with E-state index in [4.69, 9.17) is 27.9 Å². The average Bonchev–Trinajstić information content (AvgIpc) is 2.88. The summed E-state index contributed by atoms with van der Waals surface area (Å²) < 4.78 is 5.33. The van der Waals surface area contributed by atoms with Crippen molar-refractivity contribution in [1.29, 1.82) is 0 Å². The number of hydrogen-bond acceptors (Lipinski definition) is 5. The molecule has 2 aromatic carbocycles. The highest BCUT2D eigenvalue weighted by atomic mass is 35.5. The maximum absolute atomic E-state index is 12.1. The van der Waals surface area contributed by atoms with Crippen LogP contribution in [0, 0.1) is 23.7 Å². The number of carbonyl (C=O) groups is 1. The summed E-state index contributed by atoms with van der Waals surface area (Å²) in [7, 11) is 1.60. The van der Waals surface area contributed by atoms with Gasteiger partial charge in [-0.2, -0.15) is 0 Å². The van der Waals surface area contributed by atoms with E-state index in [0.29, 0.717) is 41.7 Å². The molecular formula is C28H28Cl2N2O4. The van der Waals surface area contributed by atoms with E-state index in [2.05, 4.69) is 21.7 Å². The number of rotatable bonds is 7. The first-order valence-corrected chi connectivity index (χ1v) is 12.6. The van der Waals surface area contributed by atoms with Crippen LogP contribution in [0.1, 0.15) is 36.5 Å². The minimum atomic E-state index is -0.810. The summed E-state index contributed by atoms with van der Waals surface area (Å²) in [6.07, 6.45) is 2.80. The largest absolute Gasteiger partial charge is 0.497 e. The summed E-state index contributed by atoms with van der Waals surface area (Å²) in [5.41, 5.74) is 2.33. The van der Waals surface area contributed by atoms with Gasteiger partial charge < -0.3 is 14.9 Å². The van der Waals surface area contributed by atoms with E-state index in [1.807, 2.05) is 24.3 Å². The Morgan fingerprint density at radius 3 is 2.81 bits per heavy atom. The van der Waals surface area contributed by atoms with E-state index in [9.17, 15) is 15.0 Å². The lowest BCUT2D eigenvalue weighted by Gasteiger charge is -2.36. The van der Waals surface area contributed by atoms with Crippen molar-refractivity contribution in [2.75, 3.05) is 26.7 Å². The topological polar surface area (TPSA) is 82.9 Å². The van der Waals surface area contributed by atoms with Gasteiger partial charge >= 0.3 is 5.97 Å². The molecule has 36 heavy (non-hydrogen) atoms. The maximum atomic E-state index is 12.1. The molecule has 4 rings (SSSR count). The lowest BCUT2D eigenvalue weighted by Crippen LogP contribution is -2.44. The summed E-state index contributed by atoms with van der Waals surface area (Å²) in [6.45, 7) is 1.67. The van der Waals surface area contributed by atoms with E-state index in [0.717, 1.165) is 35.0 Å². The number of benzene rings is 2. The Kier molecular flexibility index (Phi) is 8.71. The first kappa shape index (κ1) is 26.2. The Hall–Kier alpha value is -2.82. The SMILES string of the molecule is COc1ccc2nccc(C(O)CC[C@@H]3CCN(CC#Cc4ccc(Cl)c(Cl)c4)C[C@@H]3C(=O)O)c2c1. The fourth-order valence-electron chi connectivity index (χ4n) is 4.76. The van der Waals surface area contributed by atoms with Crippen LogP contribution in [-0.2, 0) is 4.79 Å². The first-order valence-electron chi connectivity index (χ1n) is 11.9. The molecule has 2 heterocycles. The molecule has 0 radical (unpaired) electrons. The molecule has 2 N–H and O–H groups in total. The minimum absolute atomic E-state index is 0.0148. The molecule has 3 atom stereocenters. The van der Waals surface area contributed by atoms with Crippen molar-refractivity contribution >= 4 is 40.1 Å². The maximum Gasteiger partial charge on any atom is 0.308 e. The van der Waals surface area contributed by atoms with E-state index in [1.165, 1.54) is 0 Å². The van der Waals surface area contributed by atoms with Crippen LogP contribution in [0.4, 0.5) is 0 Å². The number of aromatic nitrogens is 1. The van der Waals surface area contributed by atoms with Crippen molar-refractivity contribution in [3.8, 4) is 17.6 Å². The van der Waals surface area contributed by atoms with Crippen molar-refractivity contribution < 1.29 is 19.7 Å². The molecule has 0 aliphatic carbocycles. The zero-order chi connectivity index (χ0) is 25.7. The Morgan fingerprint density at radius 1 is 1.22 bits per heavy atom. The van der Waals surface area contributed by atoms with Crippen LogP contribution < -0.4 is 4.74 Å². The second-order valence-corrected chi connectivity index (χ2v) is 9.85. The van der Waals surface area contributed by atoms with Crippen LogP contribution in [0.25, 0.3) is 10.9 Å². The normalized spacial score (nSPS) is 18.9. The number of aliphatic hydroxyl groups excluding tert-OH is 1. The van der Waals surface area contributed by atoms with Gasteiger partial charge in [-0.25, -0.2) is 0 Å². The number of aliphatic carboxylic acids is 1. The number of halogens is 2. The summed E-state index contributed by atoms with van der Waals surface area (Å²) in [5, 5.41) is 22.7. The molecule has 0 spiro atoms. The molecular weight excluding hydrogens is 499 g/mol. The summed E-state index contributed by atoms with van der Waals surface area (Å²) in [4.78, 5) is 18.5. The molecule has 1 aliphatic rings. The lowest BCUT2D eigenvalue weighted by molar-refractivity contribution is -0.146. The number of pyridine rings is 1. The second-order valence-electron chi connectivity index (χ2n) is 9.04. The third kappa shape index (κ3) is 6.29. The molecule has 0 saturated carbocycles. The molecule has 3 aromatic rings. The molecule has 1 saturated heterocycles. The van der Waals surface area contributed by atoms with E-state index >= 15 is 0 Å². The van der Waals surface area contributed by atoms with Gasteiger partial charge in [0.25, 0.3) is 0 Å². The van der Waals surface area contributed by atoms with Crippen molar-refractivity contribution in [3.05, 3.63) is 69.8 Å². The Balaban J connectivity index is 1.37. The van der Waals surface area contributed by atoms with Crippen molar-refractivity contribution in [2.24, 2.45) is 11.8 Å². The Morgan fingerprint density at radius 2 is 2.06 bits per heavy atom. The van der Waals surface area contributed by atoms with Crippen LogP contribution in [0.5, 0.6) is 5.75 Å². The van der Waals surface area contributed by atoms with Crippen molar-refractivity contribution in [1.82, 2.24) is 9.88 Å². The number of aliphatic hydroxyl groups is 1. The number of nitrogens with zero attached hydrogens (tertiary/aromatic N) is 2. The highest BCUT2D eigenvalue weighted by Crippen LogP contribution is 2.33. The van der Waals surface area contributed by atoms with Gasteiger partial charge in [-0.3, -0.25) is 14.7 Å². The molecule has 0 bridgehead atoms. The minimum Gasteiger partial charge on any atom is -0.497 e. The second kappa shape index (κ2) is 11.9. The van der Waals surface area contributed by atoms with Gasteiger partial charge in [-0.15, -0.1) is 0 Å². The van der Waals surface area contributed by atoms with E-state index < -0.39 is 18.0 Å². The standard InChI is InChI=1S/C28H28Cl2N2O4/c1-36-20-6-8-26-22(16-20)21(10-12-31-26)27(33)9-5-19-11-14-32(17-23(19)28(34)35)13-2-3-18-4-7-24(29)25(30)15-18/h4,6-8,10,12,15-16,19,23,27,33H,5,9,11,13-14,17H2,1H3,(H,34,35)/t19-,23+,27?/m1/s1. The van der Waals surface area contributed by atoms with Gasteiger partial charge in [-0.1, -0.05) is 35.0 Å². The van der Waals surface area contributed by atoms with E-state index in [1.54, 1.807) is 31.5 Å². The Bertz CT molecular complexity index is 1300. The smallest absolute Gasteiger partial charge is 0.308 e. The summed E-state index contributed by atoms with van der Waals surface area (Å²) in [5.74, 6) is 5.55. The van der Waals surface area contributed by atoms with Gasteiger partial charge in [-0.05, 0) is 79.8 Å². The monoisotopic (exact) mass is 526 g/mol. The number of carboxylic acids is 1. The zero-order valence-electron chi connectivity index (χ0n) is 20.0. The highest BCUT2D eigenvalue weighted by Gasteiger charge is 2.34. The van der Waals surface area contributed by atoms with Gasteiger partial charge in [0.2, 0.25) is 0 Å². The molecule has 1 aliphatic heterocycles. The predicted octanol–water partition coefficient (Wildman–Crippen LogP) is 5.44. The van der Waals surface area contributed by atoms with Gasteiger partial charge in [0, 0.05) is 23.7 Å². The van der Waals surface area contributed by atoms with Gasteiger partial charge in [0.05, 0.1) is 41.2 Å². The highest BCUT2D eigenvalue weighted by molar-refractivity contribution is 6.42. The molecule has 1 aromatic heterocycles. The summed E-state index contributed by atoms with van der Waals surface area (Å²) >= 11 is 12.0. The van der Waals surface area contributed by atoms with Gasteiger partial charge in [0.15, 0.2) is 0 Å². The number of likely N-dealkylation sites (tertiary alicyclic amines) is 1. The molecule has 188 valence electrons. The first-order chi connectivity index (χ1) is 17.4. The van der Waals surface area contributed by atoms with Crippen LogP contribution in [0.3, 0.4) is 0 Å². The third-order valence-electron chi connectivity index (χ3n) is 6.76. The van der Waals surface area contributed by atoms with Crippen LogP contribution in [-0.4, -0.2) is 52.8 Å². The summed E-state index contributed by atoms with van der Waals surface area (Å²) in [6, 6.07) is 12.6. The number of piperidine rings is 1. The molecule has 8 heteroatoms. The third-order valence-corrected chi connectivity index (χ3v) is 7.50. The zero-order valence-corrected chi connectivity index (χ0v) is 21.5. The van der Waals surface area contributed by atoms with E-state index in [-0.39, 0.29) is 5.92 Å². The van der Waals surface area contributed by atoms with Crippen LogP contribution in [0.15, 0.2) is 48.7 Å². The van der Waals surface area contributed by atoms with Crippen LogP contribution in [0.2, 0.25) is 10.0 Å².